The van der Waals surface area contributed by atoms with E-state index in [-0.39, 0.29) is 0 Å². The monoisotopic (exact) mass is 324 g/mol. The van der Waals surface area contributed by atoms with Crippen molar-refractivity contribution in [1.29, 1.82) is 0 Å². The third kappa shape index (κ3) is 4.48. The van der Waals surface area contributed by atoms with E-state index >= 15 is 0 Å². The predicted octanol–water partition coefficient (Wildman–Crippen LogP) is 5.05. The number of halogens is 2. The summed E-state index contributed by atoms with van der Waals surface area (Å²) >= 11 is 12.3. The molecule has 1 aromatic heterocycles. The van der Waals surface area contributed by atoms with Gasteiger partial charge in [0.05, 0.1) is 15.7 Å². The summed E-state index contributed by atoms with van der Waals surface area (Å²) in [6, 6.07) is 7.25. The molecule has 0 atom stereocenters. The fraction of sp³-hybridized carbons (Fsp3) is 0.333. The third-order valence-electron chi connectivity index (χ3n) is 2.89. The molecule has 6 heteroatoms. The van der Waals surface area contributed by atoms with Gasteiger partial charge in [-0.1, -0.05) is 42.6 Å². The number of para-hydroxylation sites is 1. The molecule has 0 bridgehead atoms. The highest BCUT2D eigenvalue weighted by Gasteiger charge is 2.08. The van der Waals surface area contributed by atoms with Crippen LogP contribution in [-0.2, 0) is 0 Å². The van der Waals surface area contributed by atoms with Crippen LogP contribution in [0.3, 0.4) is 0 Å². The van der Waals surface area contributed by atoms with Gasteiger partial charge >= 0.3 is 0 Å². The van der Waals surface area contributed by atoms with E-state index in [1.807, 2.05) is 13.0 Å². The molecular weight excluding hydrogens is 307 g/mol. The van der Waals surface area contributed by atoms with Gasteiger partial charge in [-0.25, -0.2) is 4.98 Å². The number of nitrogens with zero attached hydrogens (tertiary/aromatic N) is 2. The van der Waals surface area contributed by atoms with Gasteiger partial charge in [0.25, 0.3) is 0 Å². The van der Waals surface area contributed by atoms with Crippen molar-refractivity contribution in [2.24, 2.45) is 0 Å². The Labute approximate surface area is 134 Å². The maximum atomic E-state index is 6.14. The average molecular weight is 325 g/mol. The van der Waals surface area contributed by atoms with E-state index in [4.69, 9.17) is 23.2 Å². The first-order chi connectivity index (χ1) is 10.1. The molecule has 112 valence electrons. The second kappa shape index (κ2) is 7.48. The SMILES string of the molecule is CCCCNc1cc(C)nc(Nc2c(Cl)cccc2Cl)n1. The highest BCUT2D eigenvalue weighted by atomic mass is 35.5. The first kappa shape index (κ1) is 15.9. The van der Waals surface area contributed by atoms with Gasteiger partial charge in [-0.3, -0.25) is 0 Å². The normalized spacial score (nSPS) is 10.5. The highest BCUT2D eigenvalue weighted by molar-refractivity contribution is 6.39. The Hall–Kier alpha value is -1.52. The van der Waals surface area contributed by atoms with Crippen LogP contribution in [-0.4, -0.2) is 16.5 Å². The molecule has 1 heterocycles. The Morgan fingerprint density at radius 3 is 2.52 bits per heavy atom. The first-order valence-electron chi connectivity index (χ1n) is 6.90. The predicted molar refractivity (Wildman–Crippen MR) is 89.9 cm³/mol. The van der Waals surface area contributed by atoms with Gasteiger partial charge < -0.3 is 10.6 Å². The second-order valence-electron chi connectivity index (χ2n) is 4.72. The molecule has 4 nitrogen and oxygen atoms in total. The number of aryl methyl sites for hydroxylation is 1. The van der Waals surface area contributed by atoms with Crippen molar-refractivity contribution in [3.05, 3.63) is 40.0 Å². The zero-order valence-corrected chi connectivity index (χ0v) is 13.6. The lowest BCUT2D eigenvalue weighted by Gasteiger charge is -2.11. The van der Waals surface area contributed by atoms with E-state index in [1.54, 1.807) is 18.2 Å². The van der Waals surface area contributed by atoms with E-state index in [0.29, 0.717) is 21.7 Å². The lowest BCUT2D eigenvalue weighted by molar-refractivity contribution is 0.830. The molecule has 21 heavy (non-hydrogen) atoms. The Morgan fingerprint density at radius 1 is 1.14 bits per heavy atom. The fourth-order valence-corrected chi connectivity index (χ4v) is 2.33. The van der Waals surface area contributed by atoms with Crippen molar-refractivity contribution >= 4 is 40.7 Å². The van der Waals surface area contributed by atoms with Crippen molar-refractivity contribution in [3.63, 3.8) is 0 Å². The van der Waals surface area contributed by atoms with Gasteiger partial charge in [0.1, 0.15) is 5.82 Å². The molecule has 0 aliphatic heterocycles. The van der Waals surface area contributed by atoms with Crippen LogP contribution in [0.15, 0.2) is 24.3 Å². The number of nitrogens with one attached hydrogen (secondary N) is 2. The summed E-state index contributed by atoms with van der Waals surface area (Å²) in [7, 11) is 0. The largest absolute Gasteiger partial charge is 0.370 e. The van der Waals surface area contributed by atoms with Gasteiger partial charge in [0.2, 0.25) is 5.95 Å². The van der Waals surface area contributed by atoms with Crippen LogP contribution in [0, 0.1) is 6.92 Å². The molecule has 0 unspecified atom stereocenters. The maximum absolute atomic E-state index is 6.14. The molecule has 0 aliphatic carbocycles. The van der Waals surface area contributed by atoms with Crippen molar-refractivity contribution in [2.45, 2.75) is 26.7 Å². The van der Waals surface area contributed by atoms with Crippen LogP contribution in [0.25, 0.3) is 0 Å². The van der Waals surface area contributed by atoms with Crippen LogP contribution in [0.2, 0.25) is 10.0 Å². The number of anilines is 3. The number of rotatable bonds is 6. The summed E-state index contributed by atoms with van der Waals surface area (Å²) in [4.78, 5) is 8.79. The Kier molecular flexibility index (Phi) is 5.65. The average Bonchev–Trinajstić information content (AvgIpc) is 2.43. The van der Waals surface area contributed by atoms with Crippen molar-refractivity contribution in [3.8, 4) is 0 Å². The molecular formula is C15H18Cl2N4. The minimum atomic E-state index is 0.476. The van der Waals surface area contributed by atoms with Gasteiger partial charge in [0.15, 0.2) is 0 Å². The number of unbranched alkanes of at least 4 members (excludes halogenated alkanes) is 1. The standard InChI is InChI=1S/C15H18Cl2N4/c1-3-4-8-18-13-9-10(2)19-15(20-13)21-14-11(16)6-5-7-12(14)17/h5-7,9H,3-4,8H2,1-2H3,(H2,18,19,20,21). The summed E-state index contributed by atoms with van der Waals surface area (Å²) < 4.78 is 0. The van der Waals surface area contributed by atoms with Crippen LogP contribution in [0.4, 0.5) is 17.5 Å². The molecule has 0 amide bonds. The summed E-state index contributed by atoms with van der Waals surface area (Å²) in [6.45, 7) is 4.96. The molecule has 0 fully saturated rings. The smallest absolute Gasteiger partial charge is 0.229 e. The molecule has 0 saturated heterocycles. The number of hydrogen-bond acceptors (Lipinski definition) is 4. The maximum Gasteiger partial charge on any atom is 0.229 e. The van der Waals surface area contributed by atoms with Gasteiger partial charge in [0, 0.05) is 18.3 Å². The Bertz CT molecular complexity index is 596. The molecule has 2 rings (SSSR count). The zero-order chi connectivity index (χ0) is 15.2. The van der Waals surface area contributed by atoms with E-state index in [0.717, 1.165) is 30.9 Å². The quantitative estimate of drug-likeness (QED) is 0.730. The molecule has 1 aromatic carbocycles. The van der Waals surface area contributed by atoms with E-state index in [9.17, 15) is 0 Å². The van der Waals surface area contributed by atoms with Crippen LogP contribution in [0.1, 0.15) is 25.5 Å². The highest BCUT2D eigenvalue weighted by Crippen LogP contribution is 2.31. The van der Waals surface area contributed by atoms with Crippen molar-refractivity contribution in [2.75, 3.05) is 17.2 Å². The van der Waals surface area contributed by atoms with Gasteiger partial charge in [-0.2, -0.15) is 4.98 Å². The Morgan fingerprint density at radius 2 is 1.86 bits per heavy atom. The van der Waals surface area contributed by atoms with Crippen LogP contribution in [0.5, 0.6) is 0 Å². The van der Waals surface area contributed by atoms with E-state index in [1.165, 1.54) is 0 Å². The number of hydrogen-bond donors (Lipinski definition) is 2. The van der Waals surface area contributed by atoms with Gasteiger partial charge in [-0.15, -0.1) is 0 Å². The minimum absolute atomic E-state index is 0.476. The molecule has 0 saturated carbocycles. The molecule has 0 radical (unpaired) electrons. The van der Waals surface area contributed by atoms with E-state index < -0.39 is 0 Å². The summed E-state index contributed by atoms with van der Waals surface area (Å²) in [6.07, 6.45) is 2.24. The van der Waals surface area contributed by atoms with Gasteiger partial charge in [-0.05, 0) is 25.5 Å². The lowest BCUT2D eigenvalue weighted by Crippen LogP contribution is -2.06. The zero-order valence-electron chi connectivity index (χ0n) is 12.1. The Balaban J connectivity index is 2.20. The summed E-state index contributed by atoms with van der Waals surface area (Å²) in [5.41, 5.74) is 1.49. The molecule has 0 spiro atoms. The topological polar surface area (TPSA) is 49.8 Å². The summed E-state index contributed by atoms with van der Waals surface area (Å²) in [5, 5.41) is 7.44. The first-order valence-corrected chi connectivity index (χ1v) is 7.66. The third-order valence-corrected chi connectivity index (χ3v) is 3.52. The molecule has 2 aromatic rings. The summed E-state index contributed by atoms with van der Waals surface area (Å²) in [5.74, 6) is 1.27. The van der Waals surface area contributed by atoms with Crippen molar-refractivity contribution < 1.29 is 0 Å². The lowest BCUT2D eigenvalue weighted by atomic mass is 10.3. The second-order valence-corrected chi connectivity index (χ2v) is 5.53. The molecule has 2 N–H and O–H groups in total. The minimum Gasteiger partial charge on any atom is -0.370 e. The molecule has 0 aliphatic rings. The number of benzene rings is 1. The van der Waals surface area contributed by atoms with E-state index in [2.05, 4.69) is 27.5 Å². The van der Waals surface area contributed by atoms with Crippen LogP contribution >= 0.6 is 23.2 Å². The fourth-order valence-electron chi connectivity index (χ4n) is 1.84. The van der Waals surface area contributed by atoms with Crippen LogP contribution < -0.4 is 10.6 Å². The number of aromatic nitrogens is 2. The van der Waals surface area contributed by atoms with Crippen molar-refractivity contribution in [1.82, 2.24) is 9.97 Å².